The van der Waals surface area contributed by atoms with Gasteiger partial charge in [-0.25, -0.2) is 13.6 Å². The van der Waals surface area contributed by atoms with E-state index in [0.717, 1.165) is 4.90 Å². The zero-order valence-corrected chi connectivity index (χ0v) is 12.8. The Kier molecular flexibility index (Phi) is 5.37. The standard InChI is InChI=1S/C15H20BF2NO2/c1-14(2,3)21-13(20)19(4)10-15(17,18)9-11-5-7-12(16)8-6-11/h5-8H,9-10H2,1-4H3. The van der Waals surface area contributed by atoms with E-state index in [9.17, 15) is 13.6 Å². The number of hydrogen-bond donors (Lipinski definition) is 0. The first-order valence-electron chi connectivity index (χ1n) is 6.65. The van der Waals surface area contributed by atoms with Gasteiger partial charge in [0.25, 0.3) is 5.92 Å². The molecule has 0 saturated carbocycles. The zero-order valence-electron chi connectivity index (χ0n) is 12.8. The number of alkyl halides is 2. The minimum atomic E-state index is -3.04. The van der Waals surface area contributed by atoms with Gasteiger partial charge in [-0.3, -0.25) is 0 Å². The molecule has 2 radical (unpaired) electrons. The molecule has 6 heteroatoms. The fourth-order valence-electron chi connectivity index (χ4n) is 1.74. The van der Waals surface area contributed by atoms with Crippen LogP contribution in [0.4, 0.5) is 13.6 Å². The highest BCUT2D eigenvalue weighted by atomic mass is 19.3. The highest BCUT2D eigenvalue weighted by molar-refractivity contribution is 6.32. The van der Waals surface area contributed by atoms with E-state index in [1.54, 1.807) is 45.0 Å². The fourth-order valence-corrected chi connectivity index (χ4v) is 1.74. The van der Waals surface area contributed by atoms with Gasteiger partial charge in [-0.15, -0.1) is 0 Å². The minimum absolute atomic E-state index is 0.458. The molecule has 21 heavy (non-hydrogen) atoms. The number of hydrogen-bond acceptors (Lipinski definition) is 2. The summed E-state index contributed by atoms with van der Waals surface area (Å²) in [5.74, 6) is -3.04. The lowest BCUT2D eigenvalue weighted by atomic mass is 9.94. The molecule has 0 aliphatic heterocycles. The van der Waals surface area contributed by atoms with E-state index in [4.69, 9.17) is 12.6 Å². The zero-order chi connectivity index (χ0) is 16.3. The Morgan fingerprint density at radius 3 is 2.24 bits per heavy atom. The van der Waals surface area contributed by atoms with Gasteiger partial charge < -0.3 is 9.64 Å². The molecule has 1 amide bonds. The molecular formula is C15H20BF2NO2. The normalized spacial score (nSPS) is 12.1. The molecule has 0 N–H and O–H groups in total. The van der Waals surface area contributed by atoms with E-state index in [0.29, 0.717) is 11.0 Å². The summed E-state index contributed by atoms with van der Waals surface area (Å²) in [5.41, 5.74) is 0.275. The Morgan fingerprint density at radius 1 is 1.24 bits per heavy atom. The molecule has 0 bridgehead atoms. The van der Waals surface area contributed by atoms with Crippen LogP contribution >= 0.6 is 0 Å². The summed E-state index contributed by atoms with van der Waals surface area (Å²) < 4.78 is 33.0. The van der Waals surface area contributed by atoms with E-state index in [-0.39, 0.29) is 0 Å². The van der Waals surface area contributed by atoms with Gasteiger partial charge in [0.15, 0.2) is 0 Å². The molecule has 0 spiro atoms. The van der Waals surface area contributed by atoms with Crippen LogP contribution in [-0.2, 0) is 11.2 Å². The van der Waals surface area contributed by atoms with Gasteiger partial charge in [0.1, 0.15) is 13.4 Å². The van der Waals surface area contributed by atoms with Gasteiger partial charge in [0.2, 0.25) is 0 Å². The number of amides is 1. The Labute approximate surface area is 125 Å². The van der Waals surface area contributed by atoms with Crippen LogP contribution in [0.1, 0.15) is 26.3 Å². The number of carbonyl (C=O) groups excluding carboxylic acids is 1. The number of ether oxygens (including phenoxy) is 1. The fraction of sp³-hybridized carbons (Fsp3) is 0.533. The van der Waals surface area contributed by atoms with Gasteiger partial charge in [0.05, 0.1) is 6.54 Å². The van der Waals surface area contributed by atoms with Crippen LogP contribution in [0.3, 0.4) is 0 Å². The minimum Gasteiger partial charge on any atom is -0.444 e. The SMILES string of the molecule is [B]c1ccc(CC(F)(F)CN(C)C(=O)OC(C)(C)C)cc1. The third kappa shape index (κ3) is 6.60. The predicted octanol–water partition coefficient (Wildman–Crippen LogP) is 2.53. The maximum atomic E-state index is 14.0. The van der Waals surface area contributed by atoms with Crippen molar-refractivity contribution in [3.63, 3.8) is 0 Å². The number of benzene rings is 1. The van der Waals surface area contributed by atoms with Crippen LogP contribution in [0.2, 0.25) is 0 Å². The van der Waals surface area contributed by atoms with Gasteiger partial charge in [-0.1, -0.05) is 29.7 Å². The Morgan fingerprint density at radius 2 is 1.76 bits per heavy atom. The molecule has 0 atom stereocenters. The molecule has 0 aliphatic rings. The average Bonchev–Trinajstić information content (AvgIpc) is 2.29. The summed E-state index contributed by atoms with van der Waals surface area (Å²) in [6.07, 6.45) is -1.22. The molecule has 3 nitrogen and oxygen atoms in total. The van der Waals surface area contributed by atoms with E-state index in [2.05, 4.69) is 0 Å². The second-order valence-corrected chi connectivity index (χ2v) is 6.11. The first kappa shape index (κ1) is 17.5. The van der Waals surface area contributed by atoms with Crippen LogP contribution in [0, 0.1) is 0 Å². The van der Waals surface area contributed by atoms with E-state index >= 15 is 0 Å². The first-order valence-corrected chi connectivity index (χ1v) is 6.65. The van der Waals surface area contributed by atoms with Crippen molar-refractivity contribution in [1.29, 1.82) is 0 Å². The largest absolute Gasteiger partial charge is 0.444 e. The third-order valence-electron chi connectivity index (χ3n) is 2.62. The Bertz CT molecular complexity index is 483. The molecule has 1 aromatic carbocycles. The maximum absolute atomic E-state index is 14.0. The van der Waals surface area contributed by atoms with Crippen LogP contribution < -0.4 is 5.46 Å². The average molecular weight is 295 g/mol. The molecule has 0 heterocycles. The molecular weight excluding hydrogens is 275 g/mol. The maximum Gasteiger partial charge on any atom is 0.410 e. The second-order valence-electron chi connectivity index (χ2n) is 6.11. The summed E-state index contributed by atoms with van der Waals surface area (Å²) >= 11 is 0. The smallest absolute Gasteiger partial charge is 0.410 e. The quantitative estimate of drug-likeness (QED) is 0.799. The summed E-state index contributed by atoms with van der Waals surface area (Å²) in [5, 5.41) is 0. The molecule has 1 rings (SSSR count). The van der Waals surface area contributed by atoms with Crippen LogP contribution in [0.15, 0.2) is 24.3 Å². The summed E-state index contributed by atoms with van der Waals surface area (Å²) in [6, 6.07) is 6.25. The second kappa shape index (κ2) is 6.45. The van der Waals surface area contributed by atoms with Crippen LogP contribution in [-0.4, -0.2) is 44.0 Å². The van der Waals surface area contributed by atoms with Gasteiger partial charge in [0, 0.05) is 13.5 Å². The van der Waals surface area contributed by atoms with Crippen molar-refractivity contribution in [2.45, 2.75) is 38.7 Å². The van der Waals surface area contributed by atoms with Crippen molar-refractivity contribution >= 4 is 19.4 Å². The lowest BCUT2D eigenvalue weighted by Crippen LogP contribution is -2.42. The highest BCUT2D eigenvalue weighted by Gasteiger charge is 2.33. The van der Waals surface area contributed by atoms with Crippen molar-refractivity contribution in [3.8, 4) is 0 Å². The lowest BCUT2D eigenvalue weighted by Gasteiger charge is -2.27. The molecule has 0 fully saturated rings. The molecule has 0 unspecified atom stereocenters. The van der Waals surface area contributed by atoms with Crippen LogP contribution in [0.5, 0.6) is 0 Å². The number of rotatable bonds is 4. The lowest BCUT2D eigenvalue weighted by molar-refractivity contribution is -0.0360. The number of halogens is 2. The van der Waals surface area contributed by atoms with Gasteiger partial charge in [-0.05, 0) is 26.3 Å². The van der Waals surface area contributed by atoms with Crippen molar-refractivity contribution in [1.82, 2.24) is 4.90 Å². The summed E-state index contributed by atoms with van der Waals surface area (Å²) in [7, 11) is 6.81. The molecule has 0 saturated heterocycles. The number of nitrogens with zero attached hydrogens (tertiary/aromatic N) is 1. The van der Waals surface area contributed by atoms with Crippen molar-refractivity contribution in [2.24, 2.45) is 0 Å². The van der Waals surface area contributed by atoms with E-state index < -0.39 is 30.6 Å². The molecule has 114 valence electrons. The summed E-state index contributed by atoms with van der Waals surface area (Å²) in [6.45, 7) is 4.36. The van der Waals surface area contributed by atoms with Gasteiger partial charge >= 0.3 is 6.09 Å². The van der Waals surface area contributed by atoms with Crippen molar-refractivity contribution < 1.29 is 18.3 Å². The van der Waals surface area contributed by atoms with Crippen LogP contribution in [0.25, 0.3) is 0 Å². The Balaban J connectivity index is 2.62. The molecule has 1 aromatic rings. The predicted molar refractivity (Wildman–Crippen MR) is 79.3 cm³/mol. The topological polar surface area (TPSA) is 29.5 Å². The van der Waals surface area contributed by atoms with Crippen molar-refractivity contribution in [2.75, 3.05) is 13.6 Å². The monoisotopic (exact) mass is 295 g/mol. The van der Waals surface area contributed by atoms with E-state index in [1.807, 2.05) is 0 Å². The Hall–Kier alpha value is -1.59. The molecule has 0 aromatic heterocycles. The number of carbonyl (C=O) groups is 1. The van der Waals surface area contributed by atoms with E-state index in [1.165, 1.54) is 7.05 Å². The third-order valence-corrected chi connectivity index (χ3v) is 2.62. The molecule has 0 aliphatic carbocycles. The first-order chi connectivity index (χ1) is 9.48. The highest BCUT2D eigenvalue weighted by Crippen LogP contribution is 2.21. The van der Waals surface area contributed by atoms with Gasteiger partial charge in [-0.2, -0.15) is 0 Å². The summed E-state index contributed by atoms with van der Waals surface area (Å²) in [4.78, 5) is 12.6. The van der Waals surface area contributed by atoms with Crippen molar-refractivity contribution in [3.05, 3.63) is 29.8 Å².